The van der Waals surface area contributed by atoms with Crippen molar-refractivity contribution in [1.29, 1.82) is 0 Å². The smallest absolute Gasteiger partial charge is 1.00 e. The summed E-state index contributed by atoms with van der Waals surface area (Å²) in [5, 5.41) is 0. The van der Waals surface area contributed by atoms with Gasteiger partial charge in [0.05, 0.1) is 0 Å². The summed E-state index contributed by atoms with van der Waals surface area (Å²) in [5.74, 6) is 0. The van der Waals surface area contributed by atoms with Crippen LogP contribution in [0.1, 0.15) is 26.2 Å². The molecule has 0 aromatic heterocycles. The van der Waals surface area contributed by atoms with E-state index in [1.54, 1.807) is 0 Å². The van der Waals surface area contributed by atoms with Crippen LogP contribution in [0.4, 0.5) is 0 Å². The summed E-state index contributed by atoms with van der Waals surface area (Å²) < 4.78 is 0. The predicted octanol–water partition coefficient (Wildman–Crippen LogP) is -0.988. The van der Waals surface area contributed by atoms with Gasteiger partial charge in [-0.15, -0.1) is 0 Å². The van der Waals surface area contributed by atoms with Crippen LogP contribution in [0.25, 0.3) is 0 Å². The summed E-state index contributed by atoms with van der Waals surface area (Å²) in [6, 6.07) is 0. The maximum absolute atomic E-state index is 3.68. The van der Waals surface area contributed by atoms with Gasteiger partial charge in [0.1, 0.15) is 0 Å². The molecule has 2 radical (unpaired) electrons. The summed E-state index contributed by atoms with van der Waals surface area (Å²) in [4.78, 5) is 0. The van der Waals surface area contributed by atoms with Gasteiger partial charge in [-0.1, -0.05) is 33.1 Å². The summed E-state index contributed by atoms with van der Waals surface area (Å²) in [6.07, 6.45) is 3.65. The molecule has 0 aliphatic rings. The molecular formula is C5H11HgI. The first-order chi connectivity index (χ1) is 2.41. The molecule has 0 heterocycles. The van der Waals surface area contributed by atoms with E-state index in [2.05, 4.69) is 13.8 Å². The van der Waals surface area contributed by atoms with Crippen LogP contribution in [0.5, 0.6) is 0 Å². The quantitative estimate of drug-likeness (QED) is 0.414. The predicted molar refractivity (Wildman–Crippen MR) is 24.9 cm³/mol. The molecule has 0 aromatic rings. The number of hydrogen-bond acceptors (Lipinski definition) is 0. The van der Waals surface area contributed by atoms with Crippen LogP contribution < -0.4 is 24.0 Å². The molecule has 0 aliphatic heterocycles. The number of hydrogen-bond donors (Lipinski definition) is 0. The van der Waals surface area contributed by atoms with Gasteiger partial charge < -0.3 is 24.0 Å². The Morgan fingerprint density at radius 1 is 1.43 bits per heavy atom. The maximum Gasteiger partial charge on any atom is 1.00 e. The second kappa shape index (κ2) is 15.6. The minimum absolute atomic E-state index is 0. The van der Waals surface area contributed by atoms with Crippen LogP contribution in [0, 0.1) is 6.92 Å². The van der Waals surface area contributed by atoms with Crippen molar-refractivity contribution in [2.75, 3.05) is 0 Å². The molecule has 0 unspecified atom stereocenters. The molecule has 0 aliphatic carbocycles. The molecule has 0 amide bonds. The van der Waals surface area contributed by atoms with Crippen LogP contribution in [-0.4, -0.2) is 0 Å². The molecule has 7 heavy (non-hydrogen) atoms. The normalized spacial score (nSPS) is 6.00. The Morgan fingerprint density at radius 2 is 1.86 bits per heavy atom. The Kier molecular flexibility index (Phi) is 35.5. The van der Waals surface area contributed by atoms with Crippen molar-refractivity contribution in [2.24, 2.45) is 0 Å². The summed E-state index contributed by atoms with van der Waals surface area (Å²) >= 11 is 0. The van der Waals surface area contributed by atoms with Crippen molar-refractivity contribution in [3.8, 4) is 0 Å². The van der Waals surface area contributed by atoms with E-state index in [4.69, 9.17) is 0 Å². The van der Waals surface area contributed by atoms with E-state index in [0.717, 1.165) is 6.42 Å². The van der Waals surface area contributed by atoms with Gasteiger partial charge in [-0.25, -0.2) is 0 Å². The van der Waals surface area contributed by atoms with Crippen molar-refractivity contribution in [1.82, 2.24) is 0 Å². The molecule has 0 N–H and O–H groups in total. The topological polar surface area (TPSA) is 0 Å². The van der Waals surface area contributed by atoms with Crippen LogP contribution in [0.15, 0.2) is 0 Å². The molecule has 0 bridgehead atoms. The number of halogens is 1. The molecule has 2 heteroatoms. The monoisotopic (exact) mass is 400 g/mol. The van der Waals surface area contributed by atoms with Gasteiger partial charge in [-0.3, -0.25) is 0 Å². The number of rotatable bonds is 2. The standard InChI is InChI=1S/C5H11.Hg.HI/c1-3-5-4-2;;/h1,3-5H2,2H3;;1H/q;+1;/p-1. The zero-order valence-electron chi connectivity index (χ0n) is 4.91. The Balaban J connectivity index is -0.0000000800. The Hall–Kier alpha value is 1.67. The molecule has 0 spiro atoms. The molecule has 0 saturated carbocycles. The third-order valence-electron chi connectivity index (χ3n) is 0.604. The first-order valence-electron chi connectivity index (χ1n) is 2.21. The minimum atomic E-state index is 0. The molecule has 0 atom stereocenters. The SMILES string of the molecule is [CH2]CCCC.[Hg+].[I-]. The van der Waals surface area contributed by atoms with Crippen molar-refractivity contribution in [3.63, 3.8) is 0 Å². The third kappa shape index (κ3) is 18.3. The molecule has 0 nitrogen and oxygen atoms in total. The van der Waals surface area contributed by atoms with Crippen molar-refractivity contribution >= 4 is 0 Å². The summed E-state index contributed by atoms with van der Waals surface area (Å²) in [5.41, 5.74) is 0. The van der Waals surface area contributed by atoms with Crippen molar-refractivity contribution in [3.05, 3.63) is 6.92 Å². The molecule has 40 valence electrons. The zero-order valence-corrected chi connectivity index (χ0v) is 12.6. The minimum Gasteiger partial charge on any atom is -1.00 e. The molecule has 0 saturated heterocycles. The van der Waals surface area contributed by atoms with E-state index in [9.17, 15) is 0 Å². The largest absolute Gasteiger partial charge is 1.00 e. The molecule has 0 aromatic carbocycles. The number of unbranched alkanes of at least 4 members (excludes halogenated alkanes) is 2. The second-order valence-corrected chi connectivity index (χ2v) is 1.21. The molecular weight excluding hydrogens is 388 g/mol. The van der Waals surface area contributed by atoms with Gasteiger partial charge in [0, 0.05) is 0 Å². The maximum atomic E-state index is 3.68. The summed E-state index contributed by atoms with van der Waals surface area (Å²) in [7, 11) is 0. The Labute approximate surface area is 84.0 Å². The van der Waals surface area contributed by atoms with Gasteiger partial charge in [-0.05, 0) is 0 Å². The van der Waals surface area contributed by atoms with Crippen LogP contribution in [0.3, 0.4) is 0 Å². The van der Waals surface area contributed by atoms with Gasteiger partial charge in [0.25, 0.3) is 0 Å². The average molecular weight is 399 g/mol. The van der Waals surface area contributed by atoms with E-state index < -0.39 is 0 Å². The second-order valence-electron chi connectivity index (χ2n) is 1.21. The van der Waals surface area contributed by atoms with Gasteiger partial charge in [-0.2, -0.15) is 0 Å². The Bertz CT molecular complexity index is 15.6. The van der Waals surface area contributed by atoms with Crippen LogP contribution in [0.2, 0.25) is 0 Å². The fourth-order valence-corrected chi connectivity index (χ4v) is 0.250. The van der Waals surface area contributed by atoms with E-state index in [0.29, 0.717) is 0 Å². The van der Waals surface area contributed by atoms with E-state index in [-0.39, 0.29) is 51.6 Å². The fourth-order valence-electron chi connectivity index (χ4n) is 0.250. The summed E-state index contributed by atoms with van der Waals surface area (Å²) in [6.45, 7) is 5.85. The van der Waals surface area contributed by atoms with Gasteiger partial charge in [0.2, 0.25) is 0 Å². The van der Waals surface area contributed by atoms with Crippen LogP contribution in [-0.2, 0) is 27.7 Å². The third-order valence-corrected chi connectivity index (χ3v) is 0.604. The van der Waals surface area contributed by atoms with Crippen molar-refractivity contribution in [2.45, 2.75) is 26.2 Å². The zero-order chi connectivity index (χ0) is 4.12. The van der Waals surface area contributed by atoms with Gasteiger partial charge in [0.15, 0.2) is 0 Å². The first kappa shape index (κ1) is 15.9. The average Bonchev–Trinajstić information content (AvgIpc) is 1.41. The van der Waals surface area contributed by atoms with Crippen LogP contribution >= 0.6 is 0 Å². The first-order valence-corrected chi connectivity index (χ1v) is 2.21. The van der Waals surface area contributed by atoms with E-state index in [1.165, 1.54) is 12.8 Å². The molecule has 0 fully saturated rings. The van der Waals surface area contributed by atoms with E-state index in [1.807, 2.05) is 0 Å². The van der Waals surface area contributed by atoms with Gasteiger partial charge >= 0.3 is 27.7 Å². The fraction of sp³-hybridized carbons (Fsp3) is 0.800. The molecule has 0 rings (SSSR count). The van der Waals surface area contributed by atoms with Crippen molar-refractivity contribution < 1.29 is 51.6 Å². The van der Waals surface area contributed by atoms with E-state index >= 15 is 0 Å². The Morgan fingerprint density at radius 3 is 1.86 bits per heavy atom.